The first kappa shape index (κ1) is 22.4. The van der Waals surface area contributed by atoms with E-state index in [-0.39, 0.29) is 10.8 Å². The van der Waals surface area contributed by atoms with Crippen molar-refractivity contribution in [2.75, 3.05) is 25.5 Å². The normalized spacial score (nSPS) is 11.6. The fourth-order valence-corrected chi connectivity index (χ4v) is 4.24. The molecule has 1 amide bonds. The van der Waals surface area contributed by atoms with Crippen LogP contribution in [-0.2, 0) is 14.8 Å². The standard InChI is InChI=1S/C19H32N2O4S/c1-5-8-9-10-11-12-19(22)20-17-15-16(13-14-18(17)25-4)26(23,24)21(6-2)7-3/h13-15H,5-12H2,1-4H3,(H,20,22). The second-order valence-electron chi connectivity index (χ2n) is 6.16. The van der Waals surface area contributed by atoms with Gasteiger partial charge in [0.15, 0.2) is 0 Å². The number of methoxy groups -OCH3 is 1. The number of hydrogen-bond acceptors (Lipinski definition) is 4. The van der Waals surface area contributed by atoms with Gasteiger partial charge in [-0.3, -0.25) is 4.79 Å². The molecule has 0 spiro atoms. The molecule has 6 nitrogen and oxygen atoms in total. The van der Waals surface area contributed by atoms with Crippen molar-refractivity contribution in [3.63, 3.8) is 0 Å². The van der Waals surface area contributed by atoms with Crippen LogP contribution in [0, 0.1) is 0 Å². The molecule has 0 bridgehead atoms. The van der Waals surface area contributed by atoms with E-state index in [2.05, 4.69) is 12.2 Å². The molecule has 1 aromatic carbocycles. The van der Waals surface area contributed by atoms with Crippen molar-refractivity contribution in [3.8, 4) is 5.75 Å². The van der Waals surface area contributed by atoms with Gasteiger partial charge in [-0.05, 0) is 24.6 Å². The number of nitrogens with zero attached hydrogens (tertiary/aromatic N) is 1. The van der Waals surface area contributed by atoms with Gasteiger partial charge in [0.25, 0.3) is 0 Å². The fourth-order valence-electron chi connectivity index (χ4n) is 2.76. The Morgan fingerprint density at radius 1 is 1.08 bits per heavy atom. The molecule has 148 valence electrons. The summed E-state index contributed by atoms with van der Waals surface area (Å²) in [6.07, 6.45) is 5.74. The smallest absolute Gasteiger partial charge is 0.243 e. The van der Waals surface area contributed by atoms with Gasteiger partial charge in [0.2, 0.25) is 15.9 Å². The summed E-state index contributed by atoms with van der Waals surface area (Å²) >= 11 is 0. The van der Waals surface area contributed by atoms with Crippen LogP contribution in [0.25, 0.3) is 0 Å². The average molecular weight is 385 g/mol. The predicted molar refractivity (Wildman–Crippen MR) is 105 cm³/mol. The Labute approximate surface area is 158 Å². The molecule has 7 heteroatoms. The van der Waals surface area contributed by atoms with Gasteiger partial charge in [0, 0.05) is 19.5 Å². The number of amides is 1. The quantitative estimate of drug-likeness (QED) is 0.552. The van der Waals surface area contributed by atoms with Crippen molar-refractivity contribution in [1.29, 1.82) is 0 Å². The van der Waals surface area contributed by atoms with E-state index < -0.39 is 10.0 Å². The maximum absolute atomic E-state index is 12.7. The van der Waals surface area contributed by atoms with Gasteiger partial charge in [-0.15, -0.1) is 0 Å². The highest BCUT2D eigenvalue weighted by Crippen LogP contribution is 2.29. The highest BCUT2D eigenvalue weighted by molar-refractivity contribution is 7.89. The molecule has 0 fully saturated rings. The van der Waals surface area contributed by atoms with Gasteiger partial charge < -0.3 is 10.1 Å². The zero-order chi connectivity index (χ0) is 19.6. The summed E-state index contributed by atoms with van der Waals surface area (Å²) in [6.45, 7) is 6.53. The second-order valence-corrected chi connectivity index (χ2v) is 8.10. The van der Waals surface area contributed by atoms with E-state index in [1.807, 2.05) is 0 Å². The van der Waals surface area contributed by atoms with Crippen molar-refractivity contribution in [3.05, 3.63) is 18.2 Å². The molecule has 0 atom stereocenters. The highest BCUT2D eigenvalue weighted by atomic mass is 32.2. The summed E-state index contributed by atoms with van der Waals surface area (Å²) < 4.78 is 32.0. The van der Waals surface area contributed by atoms with E-state index in [1.165, 1.54) is 30.0 Å². The van der Waals surface area contributed by atoms with Gasteiger partial charge in [-0.1, -0.05) is 46.5 Å². The molecule has 0 radical (unpaired) electrons. The average Bonchev–Trinajstić information content (AvgIpc) is 2.62. The molecule has 0 aliphatic rings. The monoisotopic (exact) mass is 384 g/mol. The molecular weight excluding hydrogens is 352 g/mol. The SMILES string of the molecule is CCCCCCCC(=O)Nc1cc(S(=O)(=O)N(CC)CC)ccc1OC. The van der Waals surface area contributed by atoms with Crippen LogP contribution in [-0.4, -0.2) is 38.8 Å². The Bertz CT molecular complexity index is 670. The van der Waals surface area contributed by atoms with Crippen LogP contribution in [0.1, 0.15) is 59.3 Å². The number of anilines is 1. The van der Waals surface area contributed by atoms with Crippen LogP contribution < -0.4 is 10.1 Å². The molecule has 26 heavy (non-hydrogen) atoms. The largest absolute Gasteiger partial charge is 0.495 e. The van der Waals surface area contributed by atoms with Crippen LogP contribution in [0.3, 0.4) is 0 Å². The van der Waals surface area contributed by atoms with E-state index in [1.54, 1.807) is 19.9 Å². The first-order valence-corrected chi connectivity index (χ1v) is 10.8. The minimum Gasteiger partial charge on any atom is -0.495 e. The summed E-state index contributed by atoms with van der Waals surface area (Å²) in [6, 6.07) is 4.56. The zero-order valence-electron chi connectivity index (χ0n) is 16.4. The maximum atomic E-state index is 12.7. The second kappa shape index (κ2) is 11.2. The van der Waals surface area contributed by atoms with Crippen LogP contribution in [0.2, 0.25) is 0 Å². The number of benzene rings is 1. The van der Waals surface area contributed by atoms with Crippen LogP contribution >= 0.6 is 0 Å². The van der Waals surface area contributed by atoms with Gasteiger partial charge >= 0.3 is 0 Å². The summed E-state index contributed by atoms with van der Waals surface area (Å²) in [5.74, 6) is 0.319. The van der Waals surface area contributed by atoms with E-state index in [9.17, 15) is 13.2 Å². The summed E-state index contributed by atoms with van der Waals surface area (Å²) in [4.78, 5) is 12.3. The van der Waals surface area contributed by atoms with Gasteiger partial charge in [0.05, 0.1) is 17.7 Å². The van der Waals surface area contributed by atoms with Crippen molar-refractivity contribution in [1.82, 2.24) is 4.31 Å². The minimum absolute atomic E-state index is 0.128. The number of ether oxygens (including phenoxy) is 1. The van der Waals surface area contributed by atoms with E-state index in [0.29, 0.717) is 30.9 Å². The van der Waals surface area contributed by atoms with Crippen LogP contribution in [0.5, 0.6) is 5.75 Å². The lowest BCUT2D eigenvalue weighted by atomic mass is 10.1. The number of nitrogens with one attached hydrogen (secondary N) is 1. The lowest BCUT2D eigenvalue weighted by Crippen LogP contribution is -2.30. The Hall–Kier alpha value is -1.60. The Morgan fingerprint density at radius 3 is 2.31 bits per heavy atom. The summed E-state index contributed by atoms with van der Waals surface area (Å²) in [5.41, 5.74) is 0.388. The maximum Gasteiger partial charge on any atom is 0.243 e. The number of sulfonamides is 1. The number of unbranched alkanes of at least 4 members (excludes halogenated alkanes) is 4. The van der Waals surface area contributed by atoms with Crippen molar-refractivity contribution in [2.24, 2.45) is 0 Å². The lowest BCUT2D eigenvalue weighted by Gasteiger charge is -2.19. The first-order chi connectivity index (χ1) is 12.4. The molecular formula is C19H32N2O4S. The van der Waals surface area contributed by atoms with Gasteiger partial charge in [0.1, 0.15) is 5.75 Å². The number of rotatable bonds is 12. The van der Waals surface area contributed by atoms with Crippen molar-refractivity contribution < 1.29 is 17.9 Å². The highest BCUT2D eigenvalue weighted by Gasteiger charge is 2.23. The molecule has 0 unspecified atom stereocenters. The molecule has 1 aromatic rings. The Kier molecular flexibility index (Phi) is 9.65. The first-order valence-electron chi connectivity index (χ1n) is 9.38. The predicted octanol–water partition coefficient (Wildman–Crippen LogP) is 4.02. The fraction of sp³-hybridized carbons (Fsp3) is 0.632. The number of hydrogen-bond donors (Lipinski definition) is 1. The molecule has 0 saturated carbocycles. The van der Waals surface area contributed by atoms with Crippen LogP contribution in [0.4, 0.5) is 5.69 Å². The van der Waals surface area contributed by atoms with Gasteiger partial charge in [-0.25, -0.2) is 8.42 Å². The summed E-state index contributed by atoms with van der Waals surface area (Å²) in [5, 5.41) is 2.79. The molecule has 0 heterocycles. The van der Waals surface area contributed by atoms with E-state index >= 15 is 0 Å². The summed E-state index contributed by atoms with van der Waals surface area (Å²) in [7, 11) is -2.09. The third-order valence-corrected chi connectivity index (χ3v) is 6.34. The molecule has 1 rings (SSSR count). The third kappa shape index (κ3) is 6.29. The van der Waals surface area contributed by atoms with Crippen molar-refractivity contribution >= 4 is 21.6 Å². The molecule has 1 N–H and O–H groups in total. The van der Waals surface area contributed by atoms with Gasteiger partial charge in [-0.2, -0.15) is 4.31 Å². The molecule has 0 aliphatic heterocycles. The van der Waals surface area contributed by atoms with E-state index in [4.69, 9.17) is 4.74 Å². The van der Waals surface area contributed by atoms with E-state index in [0.717, 1.165) is 25.7 Å². The number of carbonyl (C=O) groups is 1. The van der Waals surface area contributed by atoms with Crippen molar-refractivity contribution in [2.45, 2.75) is 64.2 Å². The lowest BCUT2D eigenvalue weighted by molar-refractivity contribution is -0.116. The molecule has 0 saturated heterocycles. The Morgan fingerprint density at radius 2 is 1.73 bits per heavy atom. The topological polar surface area (TPSA) is 75.7 Å². The third-order valence-electron chi connectivity index (χ3n) is 4.30. The molecule has 0 aliphatic carbocycles. The zero-order valence-corrected chi connectivity index (χ0v) is 17.2. The van der Waals surface area contributed by atoms with Crippen LogP contribution in [0.15, 0.2) is 23.1 Å². The minimum atomic E-state index is -3.59. The Balaban J connectivity index is 2.89. The number of carbonyl (C=O) groups excluding carboxylic acids is 1. The molecule has 0 aromatic heterocycles.